The van der Waals surface area contributed by atoms with Gasteiger partial charge >= 0.3 is 0 Å². The average Bonchev–Trinajstić information content (AvgIpc) is 3.72. The number of benzene rings is 2. The highest BCUT2D eigenvalue weighted by atomic mass is 19.1. The van der Waals surface area contributed by atoms with E-state index in [0.29, 0.717) is 34.6 Å². The lowest BCUT2D eigenvalue weighted by molar-refractivity contribution is 0.181. The first-order valence-corrected chi connectivity index (χ1v) is 17.1. The van der Waals surface area contributed by atoms with Crippen LogP contribution in [-0.4, -0.2) is 63.2 Å². The number of pyridine rings is 1. The number of hydrogen-bond donors (Lipinski definition) is 1. The first-order valence-electron chi connectivity index (χ1n) is 17.1. The Bertz CT molecular complexity index is 1880. The van der Waals surface area contributed by atoms with Gasteiger partial charge in [-0.1, -0.05) is 31.4 Å². The van der Waals surface area contributed by atoms with Crippen LogP contribution in [0.1, 0.15) is 81.7 Å². The molecule has 238 valence electrons. The molecule has 4 fully saturated rings. The summed E-state index contributed by atoms with van der Waals surface area (Å²) >= 11 is 0. The second kappa shape index (κ2) is 11.2. The minimum Gasteiger partial charge on any atom is -0.353 e. The molecule has 8 heteroatoms. The molecule has 0 saturated carbocycles. The Balaban J connectivity index is 1.28. The van der Waals surface area contributed by atoms with Crippen molar-refractivity contribution in [2.75, 3.05) is 31.1 Å². The maximum absolute atomic E-state index is 17.1. The van der Waals surface area contributed by atoms with Crippen LogP contribution >= 0.6 is 0 Å². The summed E-state index contributed by atoms with van der Waals surface area (Å²) in [5.74, 6) is 2.96. The van der Waals surface area contributed by atoms with Gasteiger partial charge in [0.1, 0.15) is 28.7 Å². The normalized spacial score (nSPS) is 23.8. The number of anilines is 1. The molecule has 8 rings (SSSR count). The van der Waals surface area contributed by atoms with Crippen LogP contribution in [0.2, 0.25) is 0 Å². The maximum Gasteiger partial charge on any atom is 0.175 e. The summed E-state index contributed by atoms with van der Waals surface area (Å²) < 4.78 is 32.0. The summed E-state index contributed by atoms with van der Waals surface area (Å²) in [4.78, 5) is 19.9. The van der Waals surface area contributed by atoms with E-state index in [-0.39, 0.29) is 27.9 Å². The van der Waals surface area contributed by atoms with Gasteiger partial charge in [-0.25, -0.2) is 18.7 Å². The Morgan fingerprint density at radius 2 is 1.91 bits per heavy atom. The summed E-state index contributed by atoms with van der Waals surface area (Å²) in [7, 11) is 0. The molecule has 46 heavy (non-hydrogen) atoms. The van der Waals surface area contributed by atoms with Crippen molar-refractivity contribution in [3.63, 3.8) is 0 Å². The zero-order valence-electron chi connectivity index (χ0n) is 26.9. The smallest absolute Gasteiger partial charge is 0.175 e. The number of aryl methyl sites for hydroxylation is 2. The third kappa shape index (κ3) is 4.77. The molecule has 2 bridgehead atoms. The molecular weight excluding hydrogens is 578 g/mol. The highest BCUT2D eigenvalue weighted by Gasteiger charge is 2.45. The van der Waals surface area contributed by atoms with Crippen molar-refractivity contribution in [1.29, 1.82) is 0 Å². The molecular formula is C38H42F2N6. The van der Waals surface area contributed by atoms with Gasteiger partial charge in [0.25, 0.3) is 0 Å². The first-order chi connectivity index (χ1) is 22.3. The molecule has 0 spiro atoms. The van der Waals surface area contributed by atoms with Crippen LogP contribution in [0.25, 0.3) is 32.9 Å². The topological polar surface area (TPSA) is 57.2 Å². The first kappa shape index (κ1) is 29.7. The van der Waals surface area contributed by atoms with Gasteiger partial charge in [-0.05, 0) is 94.5 Å². The lowest BCUT2D eigenvalue weighted by Gasteiger charge is -2.42. The van der Waals surface area contributed by atoms with Crippen LogP contribution in [0, 0.1) is 30.9 Å². The van der Waals surface area contributed by atoms with Crippen molar-refractivity contribution in [3.8, 4) is 23.6 Å². The van der Waals surface area contributed by atoms with E-state index in [0.717, 1.165) is 62.0 Å². The quantitative estimate of drug-likeness (QED) is 0.223. The number of rotatable bonds is 7. The number of hydrogen-bond acceptors (Lipinski definition) is 6. The monoisotopic (exact) mass is 620 g/mol. The second-order valence-electron chi connectivity index (χ2n) is 14.3. The Hall–Kier alpha value is -3.67. The van der Waals surface area contributed by atoms with Gasteiger partial charge in [0.2, 0.25) is 0 Å². The summed E-state index contributed by atoms with van der Waals surface area (Å²) in [6, 6.07) is 7.23. The van der Waals surface area contributed by atoms with Gasteiger partial charge in [0.15, 0.2) is 5.82 Å². The number of fused-ring (bicyclic) bond motifs is 5. The fourth-order valence-electron chi connectivity index (χ4n) is 9.43. The van der Waals surface area contributed by atoms with E-state index in [2.05, 4.69) is 28.0 Å². The lowest BCUT2D eigenvalue weighted by atomic mass is 9.88. The molecule has 2 aromatic heterocycles. The fraction of sp³-hybridized carbons (Fsp3) is 0.500. The standard InChI is InChI=1S/C38H42F2N6/c1-4-12-37-15-10-26(44-37)22-45(23-37)36-29-21-41-34(28-20-24(3)19-25-8-9-30(39)27(5-2)32(25)28)33(40)35(29)42-31(43-36)11-16-38-13-6-17-46(38)18-7-14-38/h2,8-9,19-21,26,44H,4,6-7,10-18,22-23H2,1,3H3. The van der Waals surface area contributed by atoms with E-state index >= 15 is 4.39 Å². The molecule has 4 aromatic rings. The minimum atomic E-state index is -0.510. The van der Waals surface area contributed by atoms with E-state index in [1.165, 1.54) is 44.8 Å². The molecule has 4 aliphatic rings. The van der Waals surface area contributed by atoms with Gasteiger partial charge in [0.05, 0.1) is 10.9 Å². The van der Waals surface area contributed by atoms with Crippen molar-refractivity contribution in [2.45, 2.75) is 95.2 Å². The van der Waals surface area contributed by atoms with Crippen LogP contribution in [0.3, 0.4) is 0 Å². The van der Waals surface area contributed by atoms with Crippen molar-refractivity contribution in [1.82, 2.24) is 25.2 Å². The van der Waals surface area contributed by atoms with Crippen molar-refractivity contribution in [3.05, 3.63) is 59.0 Å². The van der Waals surface area contributed by atoms with Gasteiger partial charge in [-0.2, -0.15) is 0 Å². The number of nitrogens with zero attached hydrogens (tertiary/aromatic N) is 5. The zero-order chi connectivity index (χ0) is 31.6. The Labute approximate surface area is 270 Å². The Kier molecular flexibility index (Phi) is 7.26. The van der Waals surface area contributed by atoms with Gasteiger partial charge in [-0.15, -0.1) is 6.42 Å². The van der Waals surface area contributed by atoms with Crippen LogP contribution in [0.4, 0.5) is 14.6 Å². The molecule has 4 saturated heterocycles. The van der Waals surface area contributed by atoms with Crippen LogP contribution < -0.4 is 10.2 Å². The molecule has 0 amide bonds. The number of terminal acetylenes is 1. The molecule has 6 heterocycles. The highest BCUT2D eigenvalue weighted by Crippen LogP contribution is 2.43. The predicted octanol–water partition coefficient (Wildman–Crippen LogP) is 7.08. The fourth-order valence-corrected chi connectivity index (χ4v) is 9.43. The van der Waals surface area contributed by atoms with Crippen molar-refractivity contribution < 1.29 is 8.78 Å². The minimum absolute atomic E-state index is 0.0460. The van der Waals surface area contributed by atoms with E-state index in [1.807, 2.05) is 19.1 Å². The van der Waals surface area contributed by atoms with Gasteiger partial charge in [-0.3, -0.25) is 9.88 Å². The zero-order valence-corrected chi connectivity index (χ0v) is 26.9. The summed E-state index contributed by atoms with van der Waals surface area (Å²) in [6.45, 7) is 8.17. The van der Waals surface area contributed by atoms with Crippen LogP contribution in [0.5, 0.6) is 0 Å². The Morgan fingerprint density at radius 3 is 2.70 bits per heavy atom. The molecule has 1 N–H and O–H groups in total. The van der Waals surface area contributed by atoms with E-state index in [4.69, 9.17) is 21.4 Å². The highest BCUT2D eigenvalue weighted by molar-refractivity contribution is 6.02. The molecule has 0 aliphatic carbocycles. The SMILES string of the molecule is C#Cc1c(F)ccc2cc(C)cc(-c3ncc4c(N5CC6CCC(CCC)(C5)N6)nc(CCC56CCCN5CCC6)nc4c3F)c12. The maximum atomic E-state index is 17.1. The van der Waals surface area contributed by atoms with Crippen LogP contribution in [0.15, 0.2) is 30.5 Å². The number of aromatic nitrogens is 3. The number of halogens is 2. The molecule has 6 nitrogen and oxygen atoms in total. The third-order valence-corrected chi connectivity index (χ3v) is 11.4. The summed E-state index contributed by atoms with van der Waals surface area (Å²) in [5, 5.41) is 5.78. The Morgan fingerprint density at radius 1 is 1.09 bits per heavy atom. The lowest BCUT2D eigenvalue weighted by Crippen LogP contribution is -2.59. The number of piperazine rings is 1. The molecule has 2 unspecified atom stereocenters. The second-order valence-corrected chi connectivity index (χ2v) is 14.3. The van der Waals surface area contributed by atoms with E-state index < -0.39 is 11.6 Å². The van der Waals surface area contributed by atoms with E-state index in [1.54, 1.807) is 12.3 Å². The molecule has 2 atom stereocenters. The van der Waals surface area contributed by atoms with Crippen LogP contribution in [-0.2, 0) is 6.42 Å². The largest absolute Gasteiger partial charge is 0.353 e. The summed E-state index contributed by atoms with van der Waals surface area (Å²) in [5.41, 5.74) is 2.20. The third-order valence-electron chi connectivity index (χ3n) is 11.4. The van der Waals surface area contributed by atoms with Crippen molar-refractivity contribution in [2.24, 2.45) is 0 Å². The average molecular weight is 621 g/mol. The van der Waals surface area contributed by atoms with Crippen molar-refractivity contribution >= 4 is 27.5 Å². The molecule has 0 radical (unpaired) electrons. The number of nitrogens with one attached hydrogen (secondary N) is 1. The summed E-state index contributed by atoms with van der Waals surface area (Å²) in [6.07, 6.45) is 18.6. The van der Waals surface area contributed by atoms with Gasteiger partial charge < -0.3 is 10.2 Å². The molecule has 2 aromatic carbocycles. The van der Waals surface area contributed by atoms with Gasteiger partial charge in [0, 0.05) is 53.8 Å². The predicted molar refractivity (Wildman–Crippen MR) is 180 cm³/mol. The molecule has 4 aliphatic heterocycles. The van der Waals surface area contributed by atoms with E-state index in [9.17, 15) is 4.39 Å².